The van der Waals surface area contributed by atoms with E-state index in [2.05, 4.69) is 55.2 Å². The second-order valence-corrected chi connectivity index (χ2v) is 14.8. The molecule has 5 aromatic rings. The number of imidazole rings is 1. The first-order valence-corrected chi connectivity index (χ1v) is 18.6. The molecule has 48 heavy (non-hydrogen) atoms. The van der Waals surface area contributed by atoms with Crippen LogP contribution >= 0.6 is 11.3 Å². The highest BCUT2D eigenvalue weighted by atomic mass is 32.2. The first-order valence-electron chi connectivity index (χ1n) is 16.3. The Morgan fingerprint density at radius 1 is 1.00 bits per heavy atom. The first-order chi connectivity index (χ1) is 23.1. The van der Waals surface area contributed by atoms with E-state index in [-0.39, 0.29) is 11.0 Å². The van der Waals surface area contributed by atoms with Gasteiger partial charge in [0.1, 0.15) is 21.3 Å². The van der Waals surface area contributed by atoms with Crippen LogP contribution in [0, 0.1) is 13.8 Å². The summed E-state index contributed by atoms with van der Waals surface area (Å²) in [4.78, 5) is 23.7. The zero-order valence-corrected chi connectivity index (χ0v) is 29.5. The molecule has 6 rings (SSSR count). The number of benzene rings is 2. The minimum absolute atomic E-state index is 0.0429. The van der Waals surface area contributed by atoms with Crippen molar-refractivity contribution in [2.75, 3.05) is 6.79 Å². The Morgan fingerprint density at radius 2 is 1.73 bits per heavy atom. The molecule has 1 unspecified atom stereocenters. The second kappa shape index (κ2) is 14.0. The first kappa shape index (κ1) is 33.5. The van der Waals surface area contributed by atoms with Gasteiger partial charge >= 0.3 is 0 Å². The van der Waals surface area contributed by atoms with Crippen molar-refractivity contribution in [1.29, 1.82) is 0 Å². The summed E-state index contributed by atoms with van der Waals surface area (Å²) in [7, 11) is -4.11. The normalized spacial score (nSPS) is 13.2. The Bertz CT molecular complexity index is 2040. The lowest BCUT2D eigenvalue weighted by Gasteiger charge is -2.24. The lowest BCUT2D eigenvalue weighted by atomic mass is 9.97. The zero-order valence-electron chi connectivity index (χ0n) is 27.8. The van der Waals surface area contributed by atoms with E-state index in [1.807, 2.05) is 6.92 Å². The minimum atomic E-state index is -4.11. The SMILES string of the molecule is CCCc1cc(Cn2c(CC)nc3c(C)cc(C)nc32)cc(CCC)c1OC(C(=O)NS(=O)(=O)c1cccs1)c1ccc2c(c1)OCO2. The molecular formula is C36H40N4O6S2. The fourth-order valence-corrected chi connectivity index (χ4v) is 8.14. The topological polar surface area (TPSA) is 122 Å². The van der Waals surface area contributed by atoms with Crippen LogP contribution in [0.3, 0.4) is 0 Å². The molecule has 2 aromatic carbocycles. The van der Waals surface area contributed by atoms with Gasteiger partial charge in [-0.15, -0.1) is 11.3 Å². The molecule has 4 heterocycles. The van der Waals surface area contributed by atoms with Crippen LogP contribution in [-0.2, 0) is 40.6 Å². The average Bonchev–Trinajstić information content (AvgIpc) is 3.82. The Hall–Kier alpha value is -4.42. The van der Waals surface area contributed by atoms with Crippen molar-refractivity contribution < 1.29 is 27.4 Å². The van der Waals surface area contributed by atoms with E-state index in [1.54, 1.807) is 29.6 Å². The van der Waals surface area contributed by atoms with Gasteiger partial charge in [-0.1, -0.05) is 57.9 Å². The number of hydrogen-bond acceptors (Lipinski definition) is 9. The van der Waals surface area contributed by atoms with E-state index in [0.717, 1.165) is 75.5 Å². The minimum Gasteiger partial charge on any atom is -0.475 e. The number of carbonyl (C=O) groups is 1. The van der Waals surface area contributed by atoms with Crippen LogP contribution in [0.4, 0.5) is 0 Å². The fraction of sp³-hybridized carbons (Fsp3) is 0.361. The number of carbonyl (C=O) groups excluding carboxylic acids is 1. The van der Waals surface area contributed by atoms with Gasteiger partial charge in [0, 0.05) is 17.7 Å². The second-order valence-electron chi connectivity index (χ2n) is 12.0. The Balaban J connectivity index is 1.42. The smallest absolute Gasteiger partial charge is 0.279 e. The van der Waals surface area contributed by atoms with Crippen LogP contribution in [0.5, 0.6) is 17.2 Å². The number of rotatable bonds is 13. The molecule has 3 aromatic heterocycles. The molecule has 1 aliphatic heterocycles. The van der Waals surface area contributed by atoms with Gasteiger partial charge in [-0.05, 0) is 78.6 Å². The van der Waals surface area contributed by atoms with Gasteiger partial charge in [0.15, 0.2) is 17.1 Å². The molecular weight excluding hydrogens is 649 g/mol. The summed E-state index contributed by atoms with van der Waals surface area (Å²) in [5.41, 5.74) is 7.24. The predicted molar refractivity (Wildman–Crippen MR) is 185 cm³/mol. The summed E-state index contributed by atoms with van der Waals surface area (Å²) in [5, 5.41) is 1.65. The van der Waals surface area contributed by atoms with Crippen molar-refractivity contribution >= 4 is 38.4 Å². The van der Waals surface area contributed by atoms with Crippen LogP contribution in [0.15, 0.2) is 58.1 Å². The van der Waals surface area contributed by atoms with Gasteiger partial charge in [0.2, 0.25) is 12.9 Å². The van der Waals surface area contributed by atoms with E-state index >= 15 is 0 Å². The van der Waals surface area contributed by atoms with Crippen molar-refractivity contribution in [3.05, 3.63) is 93.2 Å². The summed E-state index contributed by atoms with van der Waals surface area (Å²) in [6.45, 7) is 11.0. The molecule has 1 aliphatic rings. The van der Waals surface area contributed by atoms with Gasteiger partial charge in [0.05, 0.1) is 6.54 Å². The third-order valence-electron chi connectivity index (χ3n) is 8.27. The molecule has 0 saturated heterocycles. The van der Waals surface area contributed by atoms with Crippen molar-refractivity contribution in [3.8, 4) is 17.2 Å². The average molecular weight is 689 g/mol. The number of sulfonamides is 1. The van der Waals surface area contributed by atoms with E-state index in [1.165, 1.54) is 6.07 Å². The molecule has 0 bridgehead atoms. The third-order valence-corrected chi connectivity index (χ3v) is 11.0. The molecule has 0 saturated carbocycles. The van der Waals surface area contributed by atoms with Gasteiger partial charge in [0.25, 0.3) is 15.9 Å². The number of pyridine rings is 1. The number of aromatic nitrogens is 3. The maximum atomic E-state index is 13.9. The van der Waals surface area contributed by atoms with Gasteiger partial charge in [-0.25, -0.2) is 23.1 Å². The number of amides is 1. The Kier molecular flexibility index (Phi) is 9.75. The highest BCUT2D eigenvalue weighted by molar-refractivity contribution is 7.92. The molecule has 252 valence electrons. The molecule has 1 atom stereocenters. The van der Waals surface area contributed by atoms with E-state index in [0.29, 0.717) is 42.2 Å². The van der Waals surface area contributed by atoms with Gasteiger partial charge < -0.3 is 18.8 Å². The number of nitrogens with one attached hydrogen (secondary N) is 1. The number of hydrogen-bond donors (Lipinski definition) is 1. The number of fused-ring (bicyclic) bond motifs is 2. The molecule has 0 aliphatic carbocycles. The fourth-order valence-electron chi connectivity index (χ4n) is 6.17. The number of nitrogens with zero attached hydrogens (tertiary/aromatic N) is 3. The van der Waals surface area contributed by atoms with Crippen LogP contribution < -0.4 is 18.9 Å². The maximum absolute atomic E-state index is 13.9. The van der Waals surface area contributed by atoms with Crippen LogP contribution in [0.2, 0.25) is 0 Å². The Labute approximate surface area is 285 Å². The Morgan fingerprint density at radius 3 is 2.40 bits per heavy atom. The van der Waals surface area contributed by atoms with Crippen LogP contribution in [0.1, 0.15) is 79.1 Å². The van der Waals surface area contributed by atoms with E-state index in [4.69, 9.17) is 24.2 Å². The zero-order chi connectivity index (χ0) is 34.0. The van der Waals surface area contributed by atoms with Crippen molar-refractivity contribution in [3.63, 3.8) is 0 Å². The molecule has 12 heteroatoms. The largest absolute Gasteiger partial charge is 0.475 e. The number of thiophene rings is 1. The van der Waals surface area contributed by atoms with Crippen molar-refractivity contribution in [2.45, 2.75) is 83.6 Å². The molecule has 10 nitrogen and oxygen atoms in total. The standard InChI is InChI=1S/C36H40N4O6S2/c1-6-10-25-17-24(20-40-30(8-3)38-32-22(4)16-23(5)37-35(32)40)18-26(11-7-2)33(25)46-34(27-13-14-28-29(19-27)45-21-44-28)36(41)39-48(42,43)31-12-9-15-47-31/h9,12-19,34H,6-8,10-11,20-21H2,1-5H3,(H,39,41). The van der Waals surface area contributed by atoms with E-state index < -0.39 is 22.0 Å². The lowest BCUT2D eigenvalue weighted by Crippen LogP contribution is -2.36. The molecule has 1 amide bonds. The highest BCUT2D eigenvalue weighted by Crippen LogP contribution is 2.38. The quantitative estimate of drug-likeness (QED) is 0.141. The monoisotopic (exact) mass is 688 g/mol. The molecule has 1 N–H and O–H groups in total. The number of aryl methyl sites for hydroxylation is 5. The summed E-state index contributed by atoms with van der Waals surface area (Å²) in [5.74, 6) is 1.76. The lowest BCUT2D eigenvalue weighted by molar-refractivity contribution is -0.126. The third kappa shape index (κ3) is 6.77. The van der Waals surface area contributed by atoms with Crippen molar-refractivity contribution in [1.82, 2.24) is 19.3 Å². The predicted octanol–water partition coefficient (Wildman–Crippen LogP) is 6.98. The molecule has 0 fully saturated rings. The highest BCUT2D eigenvalue weighted by Gasteiger charge is 2.31. The summed E-state index contributed by atoms with van der Waals surface area (Å²) < 4.78 is 48.6. The summed E-state index contributed by atoms with van der Waals surface area (Å²) in [6.07, 6.45) is 2.56. The summed E-state index contributed by atoms with van der Waals surface area (Å²) in [6, 6.07) is 14.5. The van der Waals surface area contributed by atoms with Gasteiger partial charge in [-0.2, -0.15) is 0 Å². The summed E-state index contributed by atoms with van der Waals surface area (Å²) >= 11 is 1.03. The van der Waals surface area contributed by atoms with Crippen LogP contribution in [0.25, 0.3) is 11.2 Å². The van der Waals surface area contributed by atoms with Crippen LogP contribution in [-0.4, -0.2) is 35.7 Å². The molecule has 0 spiro atoms. The molecule has 0 radical (unpaired) electrons. The van der Waals surface area contributed by atoms with E-state index in [9.17, 15) is 13.2 Å². The van der Waals surface area contributed by atoms with Crippen molar-refractivity contribution in [2.24, 2.45) is 0 Å². The maximum Gasteiger partial charge on any atom is 0.279 e. The number of ether oxygens (including phenoxy) is 3. The van der Waals surface area contributed by atoms with Gasteiger partial charge in [-0.3, -0.25) is 4.79 Å².